The molecule has 6 fully saturated rings. The second-order valence-corrected chi connectivity index (χ2v) is 20.6. The Balaban J connectivity index is 1.21. The van der Waals surface area contributed by atoms with Crippen LogP contribution in [0, 0.1) is 50.2 Å². The van der Waals surface area contributed by atoms with Crippen LogP contribution in [0.4, 0.5) is 0 Å². The van der Waals surface area contributed by atoms with Crippen LogP contribution in [0.2, 0.25) is 0 Å². The quantitative estimate of drug-likeness (QED) is 0.136. The van der Waals surface area contributed by atoms with E-state index in [2.05, 4.69) is 40.7 Å². The van der Waals surface area contributed by atoms with Gasteiger partial charge in [-0.3, -0.25) is 4.79 Å². The minimum absolute atomic E-state index is 0.0141. The number of ether oxygens (including phenoxy) is 4. The molecule has 2 heterocycles. The highest BCUT2D eigenvalue weighted by atomic mass is 16.8. The Labute approximate surface area is 330 Å². The summed E-state index contributed by atoms with van der Waals surface area (Å²) in [6.07, 6.45) is -8.81. The van der Waals surface area contributed by atoms with Crippen molar-refractivity contribution < 1.29 is 69.7 Å². The topological polar surface area (TPSA) is 236 Å². The molecule has 3 unspecified atom stereocenters. The summed E-state index contributed by atoms with van der Waals surface area (Å²) in [4.78, 5) is 15.0. The molecule has 4 saturated carbocycles. The number of hydrogen-bond donors (Lipinski definition) is 9. The summed E-state index contributed by atoms with van der Waals surface area (Å²) in [7, 11) is 0. The fourth-order valence-electron chi connectivity index (χ4n) is 13.6. The van der Waals surface area contributed by atoms with E-state index in [1.54, 1.807) is 0 Å². The third kappa shape index (κ3) is 6.13. The van der Waals surface area contributed by atoms with Gasteiger partial charge in [-0.05, 0) is 104 Å². The van der Waals surface area contributed by atoms with Crippen molar-refractivity contribution in [3.8, 4) is 0 Å². The molecule has 14 nitrogen and oxygen atoms in total. The molecule has 0 radical (unpaired) electrons. The molecule has 20 atom stereocenters. The van der Waals surface area contributed by atoms with Crippen LogP contribution in [0.15, 0.2) is 11.6 Å². The van der Waals surface area contributed by atoms with Crippen LogP contribution >= 0.6 is 0 Å². The van der Waals surface area contributed by atoms with Gasteiger partial charge < -0.3 is 64.9 Å². The van der Waals surface area contributed by atoms with Crippen molar-refractivity contribution in [2.45, 2.75) is 180 Å². The molecule has 0 bridgehead atoms. The average molecular weight is 797 g/mol. The van der Waals surface area contributed by atoms with Crippen molar-refractivity contribution in [2.75, 3.05) is 13.2 Å². The maximum Gasteiger partial charge on any atom is 0.315 e. The molecule has 0 aromatic rings. The number of esters is 1. The number of carbonyl (C=O) groups excluding carboxylic acids is 1. The van der Waals surface area contributed by atoms with E-state index in [-0.39, 0.29) is 46.0 Å². The Morgan fingerprint density at radius 2 is 1.46 bits per heavy atom. The molecule has 2 aliphatic heterocycles. The summed E-state index contributed by atoms with van der Waals surface area (Å²) in [6.45, 7) is 13.9. The highest BCUT2D eigenvalue weighted by molar-refractivity contribution is 5.79. The Morgan fingerprint density at radius 3 is 2.12 bits per heavy atom. The monoisotopic (exact) mass is 796 g/mol. The first-order chi connectivity index (χ1) is 26.0. The lowest BCUT2D eigenvalue weighted by Crippen LogP contribution is -2.68. The van der Waals surface area contributed by atoms with Gasteiger partial charge in [0.25, 0.3) is 0 Å². The number of carbonyl (C=O) groups is 1. The van der Waals surface area contributed by atoms with Crippen LogP contribution in [-0.4, -0.2) is 139 Å². The van der Waals surface area contributed by atoms with Crippen LogP contribution in [0.25, 0.3) is 0 Å². The molecule has 0 spiro atoms. The number of aliphatic hydroxyl groups excluding tert-OH is 9. The fourth-order valence-corrected chi connectivity index (χ4v) is 13.6. The molecule has 56 heavy (non-hydrogen) atoms. The van der Waals surface area contributed by atoms with E-state index in [0.29, 0.717) is 25.7 Å². The molecule has 0 aromatic carbocycles. The second kappa shape index (κ2) is 14.4. The van der Waals surface area contributed by atoms with Crippen LogP contribution in [0.1, 0.15) is 106 Å². The van der Waals surface area contributed by atoms with E-state index in [9.17, 15) is 50.8 Å². The van der Waals surface area contributed by atoms with Gasteiger partial charge in [0, 0.05) is 5.41 Å². The van der Waals surface area contributed by atoms with Crippen LogP contribution < -0.4 is 0 Å². The maximum absolute atomic E-state index is 15.0. The van der Waals surface area contributed by atoms with Crippen LogP contribution in [-0.2, 0) is 23.7 Å². The lowest BCUT2D eigenvalue weighted by atomic mass is 9.33. The van der Waals surface area contributed by atoms with Crippen molar-refractivity contribution in [1.29, 1.82) is 0 Å². The lowest BCUT2D eigenvalue weighted by molar-refractivity contribution is -0.361. The van der Waals surface area contributed by atoms with Crippen LogP contribution in [0.3, 0.4) is 0 Å². The van der Waals surface area contributed by atoms with Gasteiger partial charge in [0.15, 0.2) is 12.4 Å². The minimum atomic E-state index is -1.75. The molecule has 7 rings (SSSR count). The molecule has 7 aliphatic rings. The van der Waals surface area contributed by atoms with Gasteiger partial charge in [0.1, 0.15) is 36.6 Å². The number of fused-ring (bicyclic) bond motifs is 7. The Morgan fingerprint density at radius 1 is 0.786 bits per heavy atom. The SMILES string of the molecule is C[C@@H]1O[C@@H](O[C@H]2[C@H](OC(=O)[C@]34CCC(C)(C)CC3C3=CCC5[C@@]6(C)C[C@@H](O)[C@H](O)[C@@](C)(CO)C6CC[C@@]5(C)[C@]3(C)CC4)O[C@H](CO)[C@@H](O)[C@@H]2O)[C@H](O)[C@H](O)[C@H]1O. The molecule has 5 aliphatic carbocycles. The van der Waals surface area contributed by atoms with Gasteiger partial charge in [-0.25, -0.2) is 0 Å². The number of allylic oxidation sites excluding steroid dienone is 2. The molecule has 14 heteroatoms. The smallest absolute Gasteiger partial charge is 0.315 e. The van der Waals surface area contributed by atoms with Crippen molar-refractivity contribution in [3.63, 3.8) is 0 Å². The van der Waals surface area contributed by atoms with E-state index in [4.69, 9.17) is 18.9 Å². The first kappa shape index (κ1) is 42.8. The van der Waals surface area contributed by atoms with E-state index in [1.165, 1.54) is 12.5 Å². The molecule has 9 N–H and O–H groups in total. The molecule has 0 aromatic heterocycles. The summed E-state index contributed by atoms with van der Waals surface area (Å²) in [5, 5.41) is 96.6. The molecule has 2 saturated heterocycles. The van der Waals surface area contributed by atoms with Crippen molar-refractivity contribution in [3.05, 3.63) is 11.6 Å². The molecule has 320 valence electrons. The van der Waals surface area contributed by atoms with E-state index in [0.717, 1.165) is 32.1 Å². The van der Waals surface area contributed by atoms with Crippen molar-refractivity contribution >= 4 is 5.97 Å². The summed E-state index contributed by atoms with van der Waals surface area (Å²) in [5.41, 5.74) is -1.53. The Bertz CT molecular complexity index is 1520. The minimum Gasteiger partial charge on any atom is -0.432 e. The number of rotatable bonds is 6. The third-order valence-corrected chi connectivity index (χ3v) is 17.3. The van der Waals surface area contributed by atoms with Gasteiger partial charge >= 0.3 is 5.97 Å². The average Bonchev–Trinajstić information content (AvgIpc) is 3.14. The predicted molar refractivity (Wildman–Crippen MR) is 199 cm³/mol. The van der Waals surface area contributed by atoms with Gasteiger partial charge in [0.05, 0.1) is 36.9 Å². The summed E-state index contributed by atoms with van der Waals surface area (Å²) >= 11 is 0. The number of hydrogen-bond acceptors (Lipinski definition) is 14. The van der Waals surface area contributed by atoms with Gasteiger partial charge in [0.2, 0.25) is 6.29 Å². The fraction of sp³-hybridized carbons (Fsp3) is 0.929. The van der Waals surface area contributed by atoms with Crippen LogP contribution in [0.5, 0.6) is 0 Å². The Hall–Kier alpha value is -1.27. The lowest BCUT2D eigenvalue weighted by Gasteiger charge is -2.71. The Kier molecular flexibility index (Phi) is 11.0. The van der Waals surface area contributed by atoms with Gasteiger partial charge in [-0.15, -0.1) is 0 Å². The zero-order valence-electron chi connectivity index (χ0n) is 34.1. The maximum atomic E-state index is 15.0. The number of aliphatic hydroxyl groups is 9. The van der Waals surface area contributed by atoms with Crippen molar-refractivity contribution in [1.82, 2.24) is 0 Å². The van der Waals surface area contributed by atoms with E-state index in [1.807, 2.05) is 6.92 Å². The van der Waals surface area contributed by atoms with E-state index < -0.39 is 97.0 Å². The normalized spacial score (nSPS) is 55.4. The largest absolute Gasteiger partial charge is 0.432 e. The first-order valence-electron chi connectivity index (χ1n) is 20.9. The zero-order chi connectivity index (χ0) is 41.1. The first-order valence-corrected chi connectivity index (χ1v) is 20.9. The molecular formula is C42H68O14. The predicted octanol–water partition coefficient (Wildman–Crippen LogP) is 1.29. The second-order valence-electron chi connectivity index (χ2n) is 20.6. The summed E-state index contributed by atoms with van der Waals surface area (Å²) < 4.78 is 23.7. The highest BCUT2D eigenvalue weighted by Gasteiger charge is 2.71. The highest BCUT2D eigenvalue weighted by Crippen LogP contribution is 2.76. The van der Waals surface area contributed by atoms with Crippen molar-refractivity contribution in [2.24, 2.45) is 50.2 Å². The van der Waals surface area contributed by atoms with Gasteiger partial charge in [-0.1, -0.05) is 53.2 Å². The summed E-state index contributed by atoms with van der Waals surface area (Å²) in [5.74, 6) is -0.571. The molecular weight excluding hydrogens is 728 g/mol. The third-order valence-electron chi connectivity index (χ3n) is 17.3. The van der Waals surface area contributed by atoms with E-state index >= 15 is 0 Å². The summed E-state index contributed by atoms with van der Waals surface area (Å²) in [6, 6.07) is 0. The van der Waals surface area contributed by atoms with Gasteiger partial charge in [-0.2, -0.15) is 0 Å². The zero-order valence-corrected chi connectivity index (χ0v) is 34.1. The standard InChI is InChI=1S/C42H68O14/c1-20-27(46)29(48)31(50)34(53-20)55-32-30(49)28(47)24(18-43)54-35(32)56-36(52)42-14-12-37(2,3)16-22(42)21-8-9-26-38(4)17-23(45)33(51)39(5,19-44)25(38)10-11-41(26,7)40(21,6)13-15-42/h8,20,22-35,43-51H,9-19H2,1-7H3/t20-,22?,23+,24+,25?,26?,27-,28+,29+,30-,31+,32+,33-,34-,35-,38-,39-,40+,41+,42-/m0/s1. The molecule has 0 amide bonds.